The fraction of sp³-hybridized carbons (Fsp3) is 0.417. The molecule has 3 rings (SSSR count). The Morgan fingerprint density at radius 2 is 1.83 bits per heavy atom. The van der Waals surface area contributed by atoms with Crippen LogP contribution in [-0.2, 0) is 26.2 Å². The normalized spacial score (nSPS) is 16.2. The lowest BCUT2D eigenvalue weighted by molar-refractivity contribution is -0.154. The Labute approximate surface area is 171 Å². The van der Waals surface area contributed by atoms with Crippen LogP contribution in [0.1, 0.15) is 50.2 Å². The summed E-state index contributed by atoms with van der Waals surface area (Å²) in [7, 11) is 0. The van der Waals surface area contributed by atoms with Crippen molar-refractivity contribution in [1.82, 2.24) is 5.32 Å². The molecule has 1 saturated carbocycles. The van der Waals surface area contributed by atoms with Gasteiger partial charge in [0.2, 0.25) is 0 Å². The highest BCUT2D eigenvalue weighted by atomic mass is 19.1. The third kappa shape index (κ3) is 5.43. The number of rotatable bonds is 8. The lowest BCUT2D eigenvalue weighted by Crippen LogP contribution is -2.40. The number of halogens is 1. The summed E-state index contributed by atoms with van der Waals surface area (Å²) >= 11 is 0. The average Bonchev–Trinajstić information content (AvgIpc) is 3.22. The zero-order valence-electron chi connectivity index (χ0n) is 16.8. The van der Waals surface area contributed by atoms with Crippen LogP contribution in [0, 0.1) is 5.82 Å². The largest absolute Gasteiger partial charge is 0.455 e. The molecule has 1 aliphatic rings. The highest BCUT2D eigenvalue weighted by Gasteiger charge is 2.44. The second-order valence-corrected chi connectivity index (χ2v) is 7.87. The third-order valence-corrected chi connectivity index (χ3v) is 5.68. The van der Waals surface area contributed by atoms with Crippen LogP contribution in [0.5, 0.6) is 0 Å². The van der Waals surface area contributed by atoms with E-state index in [1.165, 1.54) is 17.7 Å². The molecule has 1 amide bonds. The third-order valence-electron chi connectivity index (χ3n) is 5.68. The van der Waals surface area contributed by atoms with E-state index in [9.17, 15) is 14.0 Å². The molecule has 2 aromatic rings. The van der Waals surface area contributed by atoms with E-state index in [-0.39, 0.29) is 24.4 Å². The van der Waals surface area contributed by atoms with Crippen molar-refractivity contribution in [3.05, 3.63) is 71.5 Å². The summed E-state index contributed by atoms with van der Waals surface area (Å²) in [6.45, 7) is 1.62. The zero-order valence-corrected chi connectivity index (χ0v) is 16.8. The van der Waals surface area contributed by atoms with Gasteiger partial charge in [0.15, 0.2) is 6.61 Å². The maximum Gasteiger partial charge on any atom is 0.317 e. The molecule has 1 atom stereocenters. The minimum absolute atomic E-state index is 0.0231. The molecule has 5 heteroatoms. The van der Waals surface area contributed by atoms with Gasteiger partial charge < -0.3 is 10.1 Å². The van der Waals surface area contributed by atoms with Crippen LogP contribution in [0.2, 0.25) is 0 Å². The van der Waals surface area contributed by atoms with Crippen molar-refractivity contribution in [2.75, 3.05) is 6.61 Å². The Morgan fingerprint density at radius 3 is 2.52 bits per heavy atom. The van der Waals surface area contributed by atoms with Crippen molar-refractivity contribution in [3.8, 4) is 0 Å². The maximum atomic E-state index is 13.7. The number of benzene rings is 2. The molecular weight excluding hydrogens is 369 g/mol. The van der Waals surface area contributed by atoms with Crippen LogP contribution in [0.15, 0.2) is 54.6 Å². The molecule has 1 aliphatic carbocycles. The number of carbonyl (C=O) groups is 2. The second kappa shape index (κ2) is 9.68. The number of carbonyl (C=O) groups excluding carboxylic acids is 2. The first-order chi connectivity index (χ1) is 14.0. The minimum Gasteiger partial charge on any atom is -0.455 e. The molecule has 29 heavy (non-hydrogen) atoms. The summed E-state index contributed by atoms with van der Waals surface area (Å²) < 4.78 is 19.1. The van der Waals surface area contributed by atoms with E-state index in [2.05, 4.69) is 17.4 Å². The Bertz CT molecular complexity index is 831. The Hall–Kier alpha value is -2.69. The van der Waals surface area contributed by atoms with Crippen molar-refractivity contribution in [2.45, 2.75) is 56.9 Å². The van der Waals surface area contributed by atoms with Crippen molar-refractivity contribution in [3.63, 3.8) is 0 Å². The summed E-state index contributed by atoms with van der Waals surface area (Å²) in [5.74, 6) is -1.12. The fourth-order valence-electron chi connectivity index (χ4n) is 4.06. The lowest BCUT2D eigenvalue weighted by Gasteiger charge is -2.27. The molecule has 0 heterocycles. The van der Waals surface area contributed by atoms with Gasteiger partial charge in [-0.1, -0.05) is 55.3 Å². The van der Waals surface area contributed by atoms with Crippen LogP contribution in [-0.4, -0.2) is 24.5 Å². The Kier molecular flexibility index (Phi) is 7.02. The molecule has 0 saturated heterocycles. The number of nitrogens with one attached hydrogen (secondary N) is 1. The molecule has 2 aromatic carbocycles. The molecule has 0 radical (unpaired) electrons. The van der Waals surface area contributed by atoms with E-state index in [4.69, 9.17) is 4.74 Å². The van der Waals surface area contributed by atoms with E-state index in [0.717, 1.165) is 25.7 Å². The SMILES string of the molecule is CC(CCc1ccccc1)NC(=O)COC(=O)C1(c2cccc(F)c2)CCCC1. The second-order valence-electron chi connectivity index (χ2n) is 7.87. The minimum atomic E-state index is -0.846. The Morgan fingerprint density at radius 1 is 1.10 bits per heavy atom. The first-order valence-corrected chi connectivity index (χ1v) is 10.3. The number of hydrogen-bond acceptors (Lipinski definition) is 3. The van der Waals surface area contributed by atoms with Crippen LogP contribution >= 0.6 is 0 Å². The highest BCUT2D eigenvalue weighted by Crippen LogP contribution is 2.42. The standard InChI is InChI=1S/C24H28FNO3/c1-18(12-13-19-8-3-2-4-9-19)26-22(27)17-29-23(28)24(14-5-6-15-24)20-10-7-11-21(25)16-20/h2-4,7-11,16,18H,5-6,12-15,17H2,1H3,(H,26,27). The first kappa shape index (κ1) is 21.0. The van der Waals surface area contributed by atoms with E-state index in [1.54, 1.807) is 12.1 Å². The maximum absolute atomic E-state index is 13.7. The number of ether oxygens (including phenoxy) is 1. The van der Waals surface area contributed by atoms with Crippen LogP contribution in [0.25, 0.3) is 0 Å². The van der Waals surface area contributed by atoms with Crippen molar-refractivity contribution < 1.29 is 18.7 Å². The zero-order chi connectivity index (χ0) is 20.7. The molecule has 0 aromatic heterocycles. The highest BCUT2D eigenvalue weighted by molar-refractivity contribution is 5.86. The van der Waals surface area contributed by atoms with Crippen LogP contribution in [0.3, 0.4) is 0 Å². The number of hydrogen-bond donors (Lipinski definition) is 1. The average molecular weight is 397 g/mol. The van der Waals surface area contributed by atoms with E-state index in [0.29, 0.717) is 18.4 Å². The van der Waals surface area contributed by atoms with Crippen molar-refractivity contribution in [1.29, 1.82) is 0 Å². The van der Waals surface area contributed by atoms with Gasteiger partial charge in [0.1, 0.15) is 5.82 Å². The molecule has 0 aliphatic heterocycles. The van der Waals surface area contributed by atoms with Gasteiger partial charge in [-0.25, -0.2) is 4.39 Å². The van der Waals surface area contributed by atoms with Gasteiger partial charge in [-0.3, -0.25) is 9.59 Å². The number of amides is 1. The summed E-state index contributed by atoms with van der Waals surface area (Å²) in [5.41, 5.74) is 1.01. The van der Waals surface area contributed by atoms with E-state index < -0.39 is 11.4 Å². The van der Waals surface area contributed by atoms with Crippen molar-refractivity contribution >= 4 is 11.9 Å². The first-order valence-electron chi connectivity index (χ1n) is 10.3. The van der Waals surface area contributed by atoms with Gasteiger partial charge in [0.05, 0.1) is 5.41 Å². The topological polar surface area (TPSA) is 55.4 Å². The van der Waals surface area contributed by atoms with Crippen LogP contribution in [0.4, 0.5) is 4.39 Å². The molecule has 1 N–H and O–H groups in total. The summed E-state index contributed by atoms with van der Waals surface area (Å²) in [5, 5.41) is 2.88. The predicted octanol–water partition coefficient (Wildman–Crippen LogP) is 4.32. The predicted molar refractivity (Wildman–Crippen MR) is 110 cm³/mol. The monoisotopic (exact) mass is 397 g/mol. The van der Waals surface area contributed by atoms with Gasteiger partial charge in [-0.15, -0.1) is 0 Å². The summed E-state index contributed by atoms with van der Waals surface area (Å²) in [6, 6.07) is 16.2. The molecular formula is C24H28FNO3. The van der Waals surface area contributed by atoms with Gasteiger partial charge in [0, 0.05) is 6.04 Å². The summed E-state index contributed by atoms with van der Waals surface area (Å²) in [4.78, 5) is 25.1. The Balaban J connectivity index is 1.51. The summed E-state index contributed by atoms with van der Waals surface area (Å²) in [6.07, 6.45) is 4.67. The molecule has 0 bridgehead atoms. The van der Waals surface area contributed by atoms with Gasteiger partial charge in [-0.05, 0) is 55.9 Å². The molecule has 1 fully saturated rings. The smallest absolute Gasteiger partial charge is 0.317 e. The van der Waals surface area contributed by atoms with Gasteiger partial charge in [0.25, 0.3) is 5.91 Å². The molecule has 4 nitrogen and oxygen atoms in total. The van der Waals surface area contributed by atoms with Crippen LogP contribution < -0.4 is 5.32 Å². The molecule has 0 spiro atoms. The quantitative estimate of drug-likeness (QED) is 0.675. The van der Waals surface area contributed by atoms with Gasteiger partial charge in [-0.2, -0.15) is 0 Å². The number of aryl methyl sites for hydroxylation is 1. The fourth-order valence-corrected chi connectivity index (χ4v) is 4.06. The lowest BCUT2D eigenvalue weighted by atomic mass is 9.79. The van der Waals surface area contributed by atoms with Gasteiger partial charge >= 0.3 is 5.97 Å². The van der Waals surface area contributed by atoms with E-state index >= 15 is 0 Å². The molecule has 154 valence electrons. The molecule has 1 unspecified atom stereocenters. The van der Waals surface area contributed by atoms with E-state index in [1.807, 2.05) is 25.1 Å². The number of esters is 1. The van der Waals surface area contributed by atoms with Crippen molar-refractivity contribution in [2.24, 2.45) is 0 Å².